The van der Waals surface area contributed by atoms with Gasteiger partial charge in [0, 0.05) is 4.47 Å². The van der Waals surface area contributed by atoms with Gasteiger partial charge in [-0.3, -0.25) is 4.79 Å². The highest BCUT2D eigenvalue weighted by atomic mass is 79.9. The molecule has 6 nitrogen and oxygen atoms in total. The smallest absolute Gasteiger partial charge is 0.272 e. The molecule has 156 valence electrons. The van der Waals surface area contributed by atoms with E-state index in [0.29, 0.717) is 40.3 Å². The first-order valence-corrected chi connectivity index (χ1v) is 10.4. The highest BCUT2D eigenvalue weighted by Crippen LogP contribution is 2.29. The molecule has 0 aliphatic rings. The molecule has 3 aromatic carbocycles. The Balaban J connectivity index is 1.68. The molecule has 0 aliphatic carbocycles. The first-order valence-electron chi connectivity index (χ1n) is 9.57. The summed E-state index contributed by atoms with van der Waals surface area (Å²) in [4.78, 5) is 12.2. The van der Waals surface area contributed by atoms with Crippen LogP contribution in [0.4, 0.5) is 0 Å². The molecule has 0 spiro atoms. The quantitative estimate of drug-likeness (QED) is 0.362. The molecule has 1 amide bonds. The van der Waals surface area contributed by atoms with E-state index in [-0.39, 0.29) is 5.91 Å². The summed E-state index contributed by atoms with van der Waals surface area (Å²) in [6.45, 7) is 2.67. The van der Waals surface area contributed by atoms with Crippen LogP contribution in [0.1, 0.15) is 34.0 Å². The fraction of sp³-hybridized carbons (Fsp3) is 0.125. The van der Waals surface area contributed by atoms with Crippen molar-refractivity contribution < 1.29 is 14.3 Å². The van der Waals surface area contributed by atoms with Crippen LogP contribution >= 0.6 is 15.9 Å². The van der Waals surface area contributed by atoms with Gasteiger partial charge in [-0.25, -0.2) is 5.43 Å². The van der Waals surface area contributed by atoms with Gasteiger partial charge in [-0.15, -0.1) is 0 Å². The standard InChI is InChI=1S/C24H20BrN3O3/c1-2-30-23-13-18(15-27-28-24(29)20-8-3-4-9-21(20)25)10-11-22(23)31-16-19-7-5-6-17(12-19)14-26/h3-13,15H,2,16H2,1H3,(H,28,29)/b27-15+. The maximum absolute atomic E-state index is 12.2. The highest BCUT2D eigenvalue weighted by Gasteiger charge is 2.09. The van der Waals surface area contributed by atoms with E-state index in [0.717, 1.165) is 11.1 Å². The SMILES string of the molecule is CCOc1cc(/C=N/NC(=O)c2ccccc2Br)ccc1OCc1cccc(C#N)c1. The Bertz CT molecular complexity index is 1140. The van der Waals surface area contributed by atoms with Crippen LogP contribution in [0.3, 0.4) is 0 Å². The van der Waals surface area contributed by atoms with Gasteiger partial charge in [0.15, 0.2) is 11.5 Å². The van der Waals surface area contributed by atoms with Crippen LogP contribution in [0.25, 0.3) is 0 Å². The third-order valence-corrected chi connectivity index (χ3v) is 4.91. The summed E-state index contributed by atoms with van der Waals surface area (Å²) in [5.41, 5.74) is 5.23. The predicted molar refractivity (Wildman–Crippen MR) is 122 cm³/mol. The summed E-state index contributed by atoms with van der Waals surface area (Å²) in [6.07, 6.45) is 1.54. The van der Waals surface area contributed by atoms with Crippen LogP contribution in [-0.2, 0) is 6.61 Å². The molecule has 0 heterocycles. The van der Waals surface area contributed by atoms with Crippen molar-refractivity contribution >= 4 is 28.1 Å². The first-order chi connectivity index (χ1) is 15.1. The van der Waals surface area contributed by atoms with E-state index in [1.807, 2.05) is 31.2 Å². The minimum atomic E-state index is -0.312. The maximum atomic E-state index is 12.2. The number of nitrogens with zero attached hydrogens (tertiary/aromatic N) is 2. The number of amides is 1. The number of nitrogens with one attached hydrogen (secondary N) is 1. The molecule has 0 fully saturated rings. The molecule has 0 radical (unpaired) electrons. The van der Waals surface area contributed by atoms with Crippen LogP contribution in [0.2, 0.25) is 0 Å². The summed E-state index contributed by atoms with van der Waals surface area (Å²) < 4.78 is 12.3. The zero-order chi connectivity index (χ0) is 22.1. The lowest BCUT2D eigenvalue weighted by Crippen LogP contribution is -2.18. The van der Waals surface area contributed by atoms with E-state index in [9.17, 15) is 4.79 Å². The van der Waals surface area contributed by atoms with Crippen LogP contribution in [0.5, 0.6) is 11.5 Å². The molecular formula is C24H20BrN3O3. The second kappa shape index (κ2) is 11.0. The molecule has 1 N–H and O–H groups in total. The van der Waals surface area contributed by atoms with Gasteiger partial charge in [-0.1, -0.05) is 24.3 Å². The van der Waals surface area contributed by atoms with Crippen LogP contribution in [0.15, 0.2) is 76.3 Å². The number of carbonyl (C=O) groups is 1. The summed E-state index contributed by atoms with van der Waals surface area (Å²) in [7, 11) is 0. The van der Waals surface area contributed by atoms with Gasteiger partial charge in [0.1, 0.15) is 6.61 Å². The number of nitriles is 1. The second-order valence-corrected chi connectivity index (χ2v) is 7.27. The van der Waals surface area contributed by atoms with Crippen LogP contribution in [-0.4, -0.2) is 18.7 Å². The molecule has 0 bridgehead atoms. The van der Waals surface area contributed by atoms with Gasteiger partial charge in [0.05, 0.1) is 30.0 Å². The Kier molecular flexibility index (Phi) is 7.79. The van der Waals surface area contributed by atoms with Crippen molar-refractivity contribution in [2.45, 2.75) is 13.5 Å². The number of rotatable bonds is 8. The molecule has 0 aromatic heterocycles. The van der Waals surface area contributed by atoms with E-state index in [1.165, 1.54) is 6.21 Å². The van der Waals surface area contributed by atoms with E-state index < -0.39 is 0 Å². The number of hydrogen-bond donors (Lipinski definition) is 1. The molecule has 0 atom stereocenters. The topological polar surface area (TPSA) is 83.7 Å². The normalized spacial score (nSPS) is 10.5. The monoisotopic (exact) mass is 477 g/mol. The van der Waals surface area contributed by atoms with Crippen LogP contribution in [0, 0.1) is 11.3 Å². The van der Waals surface area contributed by atoms with Gasteiger partial charge < -0.3 is 9.47 Å². The van der Waals surface area contributed by atoms with Crippen molar-refractivity contribution in [2.24, 2.45) is 5.10 Å². The lowest BCUT2D eigenvalue weighted by molar-refractivity contribution is 0.0954. The molecule has 7 heteroatoms. The van der Waals surface area contributed by atoms with Crippen molar-refractivity contribution in [3.63, 3.8) is 0 Å². The van der Waals surface area contributed by atoms with Gasteiger partial charge in [-0.05, 0) is 76.4 Å². The summed E-state index contributed by atoms with van der Waals surface area (Å²) in [5, 5.41) is 13.1. The largest absolute Gasteiger partial charge is 0.490 e. The molecule has 0 saturated heterocycles. The average Bonchev–Trinajstić information content (AvgIpc) is 2.79. The third kappa shape index (κ3) is 6.17. The summed E-state index contributed by atoms with van der Waals surface area (Å²) in [5.74, 6) is 0.840. The number of carbonyl (C=O) groups excluding carboxylic acids is 1. The van der Waals surface area contributed by atoms with Gasteiger partial charge in [0.2, 0.25) is 0 Å². The van der Waals surface area contributed by atoms with Crippen LogP contribution < -0.4 is 14.9 Å². The zero-order valence-electron chi connectivity index (χ0n) is 16.8. The summed E-state index contributed by atoms with van der Waals surface area (Å²) >= 11 is 3.35. The van der Waals surface area contributed by atoms with Crippen molar-refractivity contribution in [1.82, 2.24) is 5.43 Å². The van der Waals surface area contributed by atoms with E-state index in [1.54, 1.807) is 42.5 Å². The minimum absolute atomic E-state index is 0.311. The Morgan fingerprint density at radius 1 is 1.10 bits per heavy atom. The third-order valence-electron chi connectivity index (χ3n) is 4.22. The Hall–Kier alpha value is -3.63. The number of hydrazone groups is 1. The predicted octanol–water partition coefficient (Wildman–Crippen LogP) is 5.06. The van der Waals surface area contributed by atoms with Gasteiger partial charge >= 0.3 is 0 Å². The molecule has 0 aliphatic heterocycles. The van der Waals surface area contributed by atoms with Gasteiger partial charge in [-0.2, -0.15) is 10.4 Å². The van der Waals surface area contributed by atoms with Crippen molar-refractivity contribution in [3.8, 4) is 17.6 Å². The molecule has 3 aromatic rings. The maximum Gasteiger partial charge on any atom is 0.272 e. The molecule has 3 rings (SSSR count). The number of hydrogen-bond acceptors (Lipinski definition) is 5. The molecule has 31 heavy (non-hydrogen) atoms. The Morgan fingerprint density at radius 3 is 2.71 bits per heavy atom. The number of halogens is 1. The Labute approximate surface area is 189 Å². The first kappa shape index (κ1) is 22.1. The molecular weight excluding hydrogens is 458 g/mol. The molecule has 0 unspecified atom stereocenters. The van der Waals surface area contributed by atoms with Gasteiger partial charge in [0.25, 0.3) is 5.91 Å². The van der Waals surface area contributed by atoms with E-state index in [4.69, 9.17) is 14.7 Å². The van der Waals surface area contributed by atoms with Crippen molar-refractivity contribution in [3.05, 3.63) is 93.5 Å². The molecule has 0 saturated carbocycles. The fourth-order valence-electron chi connectivity index (χ4n) is 2.76. The fourth-order valence-corrected chi connectivity index (χ4v) is 3.22. The Morgan fingerprint density at radius 2 is 1.94 bits per heavy atom. The lowest BCUT2D eigenvalue weighted by atomic mass is 10.1. The highest BCUT2D eigenvalue weighted by molar-refractivity contribution is 9.10. The second-order valence-electron chi connectivity index (χ2n) is 6.42. The lowest BCUT2D eigenvalue weighted by Gasteiger charge is -2.12. The van der Waals surface area contributed by atoms with Crippen molar-refractivity contribution in [2.75, 3.05) is 6.61 Å². The minimum Gasteiger partial charge on any atom is -0.490 e. The number of ether oxygens (including phenoxy) is 2. The average molecular weight is 478 g/mol. The van der Waals surface area contributed by atoms with E-state index in [2.05, 4.69) is 32.5 Å². The van der Waals surface area contributed by atoms with Crippen molar-refractivity contribution in [1.29, 1.82) is 5.26 Å². The number of benzene rings is 3. The zero-order valence-corrected chi connectivity index (χ0v) is 18.4. The summed E-state index contributed by atoms with van der Waals surface area (Å²) in [6, 6.07) is 21.9. The van der Waals surface area contributed by atoms with E-state index >= 15 is 0 Å².